The SMILES string of the molecule is CCCCCCN=C1NC(C(C)C)CCS1. The first-order valence-electron chi connectivity index (χ1n) is 6.67. The molecule has 1 fully saturated rings. The van der Waals surface area contributed by atoms with E-state index in [1.54, 1.807) is 0 Å². The number of hydrogen-bond acceptors (Lipinski definition) is 2. The van der Waals surface area contributed by atoms with Crippen LogP contribution in [-0.4, -0.2) is 23.5 Å². The van der Waals surface area contributed by atoms with E-state index in [1.807, 2.05) is 11.8 Å². The summed E-state index contributed by atoms with van der Waals surface area (Å²) in [7, 11) is 0. The number of amidine groups is 1. The molecule has 1 rings (SSSR count). The number of nitrogens with one attached hydrogen (secondary N) is 1. The molecule has 0 saturated carbocycles. The Hall–Kier alpha value is -0.180. The fourth-order valence-corrected chi connectivity index (χ4v) is 2.85. The van der Waals surface area contributed by atoms with Crippen molar-refractivity contribution in [2.45, 2.75) is 58.9 Å². The maximum Gasteiger partial charge on any atom is 0.156 e. The lowest BCUT2D eigenvalue weighted by molar-refractivity contribution is 0.442. The summed E-state index contributed by atoms with van der Waals surface area (Å²) in [6, 6.07) is 0.635. The van der Waals surface area contributed by atoms with Crippen molar-refractivity contribution in [3.05, 3.63) is 0 Å². The molecule has 1 heterocycles. The van der Waals surface area contributed by atoms with Gasteiger partial charge in [0.25, 0.3) is 0 Å². The van der Waals surface area contributed by atoms with E-state index in [-0.39, 0.29) is 0 Å². The van der Waals surface area contributed by atoms with Crippen LogP contribution in [0.3, 0.4) is 0 Å². The Morgan fingerprint density at radius 2 is 2.19 bits per heavy atom. The highest BCUT2D eigenvalue weighted by Crippen LogP contribution is 2.18. The molecule has 0 spiro atoms. The van der Waals surface area contributed by atoms with Gasteiger partial charge in [0.05, 0.1) is 0 Å². The molecule has 16 heavy (non-hydrogen) atoms. The summed E-state index contributed by atoms with van der Waals surface area (Å²) >= 11 is 1.89. The van der Waals surface area contributed by atoms with Crippen molar-refractivity contribution < 1.29 is 0 Å². The lowest BCUT2D eigenvalue weighted by Gasteiger charge is -2.28. The van der Waals surface area contributed by atoms with Crippen molar-refractivity contribution in [2.75, 3.05) is 12.3 Å². The summed E-state index contributed by atoms with van der Waals surface area (Å²) in [6.07, 6.45) is 6.49. The number of thioether (sulfide) groups is 1. The average molecular weight is 242 g/mol. The van der Waals surface area contributed by atoms with Crippen molar-refractivity contribution >= 4 is 16.9 Å². The molecule has 0 aromatic carbocycles. The van der Waals surface area contributed by atoms with Crippen LogP contribution in [0.15, 0.2) is 4.99 Å². The molecule has 94 valence electrons. The number of aliphatic imine (C=N–C) groups is 1. The number of rotatable bonds is 6. The molecule has 1 saturated heterocycles. The summed E-state index contributed by atoms with van der Waals surface area (Å²) < 4.78 is 0. The minimum Gasteiger partial charge on any atom is -0.362 e. The fourth-order valence-electron chi connectivity index (χ4n) is 1.87. The van der Waals surface area contributed by atoms with Crippen LogP contribution in [-0.2, 0) is 0 Å². The van der Waals surface area contributed by atoms with Crippen LogP contribution in [0.2, 0.25) is 0 Å². The average Bonchev–Trinajstić information content (AvgIpc) is 2.29. The molecule has 1 aliphatic rings. The Labute approximate surface area is 105 Å². The van der Waals surface area contributed by atoms with Crippen LogP contribution in [0.5, 0.6) is 0 Å². The lowest BCUT2D eigenvalue weighted by Crippen LogP contribution is -2.41. The van der Waals surface area contributed by atoms with Crippen LogP contribution < -0.4 is 5.32 Å². The first-order valence-corrected chi connectivity index (χ1v) is 7.66. The monoisotopic (exact) mass is 242 g/mol. The van der Waals surface area contributed by atoms with Crippen LogP contribution in [0.25, 0.3) is 0 Å². The van der Waals surface area contributed by atoms with Crippen LogP contribution in [0.4, 0.5) is 0 Å². The van der Waals surface area contributed by atoms with Crippen molar-refractivity contribution in [1.29, 1.82) is 0 Å². The van der Waals surface area contributed by atoms with Crippen LogP contribution in [0.1, 0.15) is 52.9 Å². The van der Waals surface area contributed by atoms with Gasteiger partial charge >= 0.3 is 0 Å². The van der Waals surface area contributed by atoms with E-state index in [0.29, 0.717) is 12.0 Å². The Kier molecular flexibility index (Phi) is 6.93. The van der Waals surface area contributed by atoms with Gasteiger partial charge in [0.1, 0.15) is 0 Å². The molecule has 1 N–H and O–H groups in total. The van der Waals surface area contributed by atoms with Crippen molar-refractivity contribution in [2.24, 2.45) is 10.9 Å². The number of hydrogen-bond donors (Lipinski definition) is 1. The molecule has 2 nitrogen and oxygen atoms in total. The molecule has 0 bridgehead atoms. The van der Waals surface area contributed by atoms with E-state index < -0.39 is 0 Å². The van der Waals surface area contributed by atoms with Crippen molar-refractivity contribution in [3.63, 3.8) is 0 Å². The third kappa shape index (κ3) is 5.24. The summed E-state index contributed by atoms with van der Waals surface area (Å²) in [6.45, 7) is 7.82. The zero-order valence-corrected chi connectivity index (χ0v) is 11.8. The molecular formula is C13H26N2S. The van der Waals surface area contributed by atoms with Gasteiger partial charge in [-0.1, -0.05) is 51.8 Å². The second-order valence-electron chi connectivity index (χ2n) is 4.88. The third-order valence-electron chi connectivity index (χ3n) is 3.05. The Morgan fingerprint density at radius 1 is 1.38 bits per heavy atom. The smallest absolute Gasteiger partial charge is 0.156 e. The topological polar surface area (TPSA) is 24.4 Å². The summed E-state index contributed by atoms with van der Waals surface area (Å²) in [4.78, 5) is 4.66. The van der Waals surface area contributed by atoms with E-state index in [4.69, 9.17) is 0 Å². The van der Waals surface area contributed by atoms with E-state index in [9.17, 15) is 0 Å². The van der Waals surface area contributed by atoms with E-state index in [0.717, 1.165) is 6.54 Å². The highest BCUT2D eigenvalue weighted by molar-refractivity contribution is 8.13. The summed E-state index contributed by atoms with van der Waals surface area (Å²) in [5.41, 5.74) is 0. The van der Waals surface area contributed by atoms with Gasteiger partial charge in [-0.3, -0.25) is 4.99 Å². The standard InChI is InChI=1S/C13H26N2S/c1-4-5-6-7-9-14-13-15-12(11(2)3)8-10-16-13/h11-12H,4-10H2,1-3H3,(H,14,15). The quantitative estimate of drug-likeness (QED) is 0.719. The third-order valence-corrected chi connectivity index (χ3v) is 4.01. The fraction of sp³-hybridized carbons (Fsp3) is 0.923. The van der Waals surface area contributed by atoms with Gasteiger partial charge in [0.2, 0.25) is 0 Å². The Balaban J connectivity index is 2.22. The van der Waals surface area contributed by atoms with Gasteiger partial charge in [-0.05, 0) is 18.8 Å². The maximum atomic E-state index is 4.66. The molecule has 0 amide bonds. The normalized spacial score (nSPS) is 23.8. The second kappa shape index (κ2) is 7.99. The van der Waals surface area contributed by atoms with Crippen molar-refractivity contribution in [1.82, 2.24) is 5.32 Å². The largest absolute Gasteiger partial charge is 0.362 e. The molecule has 1 unspecified atom stereocenters. The van der Waals surface area contributed by atoms with Gasteiger partial charge in [0.15, 0.2) is 5.17 Å². The van der Waals surface area contributed by atoms with Crippen LogP contribution >= 0.6 is 11.8 Å². The van der Waals surface area contributed by atoms with Gasteiger partial charge in [-0.25, -0.2) is 0 Å². The van der Waals surface area contributed by atoms with Gasteiger partial charge < -0.3 is 5.32 Å². The van der Waals surface area contributed by atoms with Gasteiger partial charge in [-0.15, -0.1) is 0 Å². The molecular weight excluding hydrogens is 216 g/mol. The summed E-state index contributed by atoms with van der Waals surface area (Å²) in [5.74, 6) is 1.94. The maximum absolute atomic E-state index is 4.66. The molecule has 1 aliphatic heterocycles. The predicted molar refractivity (Wildman–Crippen MR) is 75.3 cm³/mol. The Bertz CT molecular complexity index is 214. The first kappa shape index (κ1) is 13.9. The Morgan fingerprint density at radius 3 is 2.88 bits per heavy atom. The van der Waals surface area contributed by atoms with Gasteiger partial charge in [0, 0.05) is 18.3 Å². The molecule has 0 aromatic heterocycles. The zero-order valence-electron chi connectivity index (χ0n) is 11.0. The van der Waals surface area contributed by atoms with Crippen LogP contribution in [0, 0.1) is 5.92 Å². The minimum absolute atomic E-state index is 0.635. The minimum atomic E-state index is 0.635. The van der Waals surface area contributed by atoms with E-state index in [1.165, 1.54) is 43.0 Å². The lowest BCUT2D eigenvalue weighted by atomic mass is 10.0. The first-order chi connectivity index (χ1) is 7.74. The molecule has 0 aromatic rings. The van der Waals surface area contributed by atoms with E-state index >= 15 is 0 Å². The van der Waals surface area contributed by atoms with E-state index in [2.05, 4.69) is 31.1 Å². The van der Waals surface area contributed by atoms with Gasteiger partial charge in [-0.2, -0.15) is 0 Å². The molecule has 1 atom stereocenters. The van der Waals surface area contributed by atoms with Crippen molar-refractivity contribution in [3.8, 4) is 0 Å². The highest BCUT2D eigenvalue weighted by atomic mass is 32.2. The number of unbranched alkanes of at least 4 members (excludes halogenated alkanes) is 3. The molecule has 0 radical (unpaired) electrons. The zero-order chi connectivity index (χ0) is 11.8. The molecule has 3 heteroatoms. The second-order valence-corrected chi connectivity index (χ2v) is 5.96. The highest BCUT2D eigenvalue weighted by Gasteiger charge is 2.19. The predicted octanol–water partition coefficient (Wildman–Crippen LogP) is 3.67. The number of nitrogens with zero attached hydrogens (tertiary/aromatic N) is 1. The summed E-state index contributed by atoms with van der Waals surface area (Å²) in [5, 5.41) is 4.74. The molecule has 0 aliphatic carbocycles.